The zero-order chi connectivity index (χ0) is 19.2. The molecule has 1 aliphatic carbocycles. The van der Waals surface area contributed by atoms with Crippen LogP contribution in [0.15, 0.2) is 48.5 Å². The van der Waals surface area contributed by atoms with Crippen LogP contribution in [-0.4, -0.2) is 30.2 Å². The normalized spacial score (nSPS) is 14.3. The number of carboxylic acids is 1. The van der Waals surface area contributed by atoms with E-state index in [0.717, 1.165) is 17.9 Å². The maximum atomic E-state index is 12.4. The lowest BCUT2D eigenvalue weighted by atomic mass is 10.1. The van der Waals surface area contributed by atoms with Gasteiger partial charge in [0, 0.05) is 5.56 Å². The lowest BCUT2D eigenvalue weighted by Crippen LogP contribution is -2.26. The minimum atomic E-state index is -1.02. The second kappa shape index (κ2) is 8.58. The number of ether oxygens (including phenoxy) is 2. The van der Waals surface area contributed by atoms with Crippen molar-refractivity contribution in [3.05, 3.63) is 59.7 Å². The fourth-order valence-corrected chi connectivity index (χ4v) is 2.56. The van der Waals surface area contributed by atoms with Gasteiger partial charge in [-0.1, -0.05) is 12.1 Å². The number of aliphatic carboxylic acids is 1. The summed E-state index contributed by atoms with van der Waals surface area (Å²) in [5.41, 5.74) is 1.47. The quantitative estimate of drug-likeness (QED) is 0.707. The van der Waals surface area contributed by atoms with E-state index in [4.69, 9.17) is 14.6 Å². The van der Waals surface area contributed by atoms with E-state index in [0.29, 0.717) is 17.2 Å². The fourth-order valence-electron chi connectivity index (χ4n) is 2.56. The molecule has 1 unspecified atom stereocenters. The van der Waals surface area contributed by atoms with Crippen LogP contribution in [0.5, 0.6) is 11.5 Å². The number of benzene rings is 2. The molecule has 2 N–H and O–H groups in total. The number of nitrogens with one attached hydrogen (secondary N) is 1. The maximum Gasteiger partial charge on any atom is 0.341 e. The van der Waals surface area contributed by atoms with E-state index in [1.54, 1.807) is 36.4 Å². The molecule has 2 aromatic carbocycles. The van der Waals surface area contributed by atoms with Gasteiger partial charge in [0.2, 0.25) is 0 Å². The van der Waals surface area contributed by atoms with E-state index >= 15 is 0 Å². The monoisotopic (exact) mass is 369 g/mol. The van der Waals surface area contributed by atoms with Crippen LogP contribution in [0.1, 0.15) is 41.7 Å². The van der Waals surface area contributed by atoms with E-state index in [9.17, 15) is 9.59 Å². The molecule has 142 valence electrons. The van der Waals surface area contributed by atoms with Crippen LogP contribution < -0.4 is 14.8 Å². The lowest BCUT2D eigenvalue weighted by Gasteiger charge is -2.15. The Kier molecular flexibility index (Phi) is 5.96. The number of hydrogen-bond acceptors (Lipinski definition) is 4. The molecule has 0 aliphatic heterocycles. The van der Waals surface area contributed by atoms with Crippen LogP contribution in [0.4, 0.5) is 0 Å². The van der Waals surface area contributed by atoms with Gasteiger partial charge in [-0.15, -0.1) is 0 Å². The van der Waals surface area contributed by atoms with Crippen molar-refractivity contribution >= 4 is 11.9 Å². The van der Waals surface area contributed by atoms with Crippen molar-refractivity contribution in [3.63, 3.8) is 0 Å². The predicted molar refractivity (Wildman–Crippen MR) is 100 cm³/mol. The molecule has 27 heavy (non-hydrogen) atoms. The number of carbonyl (C=O) groups is 2. The second-order valence-corrected chi connectivity index (χ2v) is 6.73. The van der Waals surface area contributed by atoms with Gasteiger partial charge in [0.1, 0.15) is 11.5 Å². The Labute approximate surface area is 158 Å². The lowest BCUT2D eigenvalue weighted by molar-refractivity contribution is -0.139. The van der Waals surface area contributed by atoms with Crippen molar-refractivity contribution in [2.24, 2.45) is 5.92 Å². The highest BCUT2D eigenvalue weighted by Gasteiger charge is 2.21. The topological polar surface area (TPSA) is 84.9 Å². The van der Waals surface area contributed by atoms with Crippen LogP contribution in [0.3, 0.4) is 0 Å². The molecule has 1 amide bonds. The first-order valence-electron chi connectivity index (χ1n) is 8.99. The number of carbonyl (C=O) groups excluding carboxylic acids is 1. The van der Waals surface area contributed by atoms with Crippen molar-refractivity contribution < 1.29 is 24.2 Å². The molecule has 6 nitrogen and oxygen atoms in total. The molecule has 1 atom stereocenters. The fraction of sp³-hybridized carbons (Fsp3) is 0.333. The molecule has 0 aromatic heterocycles. The van der Waals surface area contributed by atoms with E-state index in [1.165, 1.54) is 12.8 Å². The number of rotatable bonds is 9. The van der Waals surface area contributed by atoms with E-state index in [2.05, 4.69) is 5.32 Å². The Morgan fingerprint density at radius 2 is 1.63 bits per heavy atom. The summed E-state index contributed by atoms with van der Waals surface area (Å²) in [5, 5.41) is 11.6. The highest BCUT2D eigenvalue weighted by atomic mass is 16.5. The van der Waals surface area contributed by atoms with Crippen LogP contribution in [0, 0.1) is 5.92 Å². The Balaban J connectivity index is 1.52. The van der Waals surface area contributed by atoms with Gasteiger partial charge in [0.15, 0.2) is 6.61 Å². The molecule has 1 fully saturated rings. The smallest absolute Gasteiger partial charge is 0.341 e. The summed E-state index contributed by atoms with van der Waals surface area (Å²) in [4.78, 5) is 22.9. The minimum Gasteiger partial charge on any atom is -0.493 e. The third kappa shape index (κ3) is 5.74. The van der Waals surface area contributed by atoms with Gasteiger partial charge in [-0.25, -0.2) is 4.79 Å². The van der Waals surface area contributed by atoms with Crippen LogP contribution in [-0.2, 0) is 4.79 Å². The van der Waals surface area contributed by atoms with E-state index in [-0.39, 0.29) is 18.6 Å². The first-order valence-corrected chi connectivity index (χ1v) is 8.99. The maximum absolute atomic E-state index is 12.4. The third-order valence-corrected chi connectivity index (χ3v) is 4.39. The summed E-state index contributed by atoms with van der Waals surface area (Å²) in [7, 11) is 0. The van der Waals surface area contributed by atoms with Gasteiger partial charge >= 0.3 is 5.97 Å². The van der Waals surface area contributed by atoms with Gasteiger partial charge in [0.25, 0.3) is 5.91 Å². The van der Waals surface area contributed by atoms with Crippen molar-refractivity contribution in [3.8, 4) is 11.5 Å². The van der Waals surface area contributed by atoms with Gasteiger partial charge in [0.05, 0.1) is 12.6 Å². The number of amides is 1. The highest BCUT2D eigenvalue weighted by Crippen LogP contribution is 2.29. The standard InChI is InChI=1S/C21H23NO5/c1-14(16-4-8-19(9-5-16)27-13-20(23)24)22-21(25)17-6-10-18(11-7-17)26-12-15-2-3-15/h4-11,14-15H,2-3,12-13H2,1H3,(H,22,25)(H,23,24). The molecule has 0 saturated heterocycles. The predicted octanol–water partition coefficient (Wildman–Crippen LogP) is 3.43. The molecule has 1 aliphatic rings. The summed E-state index contributed by atoms with van der Waals surface area (Å²) in [6.45, 7) is 2.25. The Morgan fingerprint density at radius 3 is 2.22 bits per heavy atom. The average molecular weight is 369 g/mol. The van der Waals surface area contributed by atoms with Crippen LogP contribution >= 0.6 is 0 Å². The van der Waals surface area contributed by atoms with E-state index < -0.39 is 5.97 Å². The first kappa shape index (κ1) is 18.8. The SMILES string of the molecule is CC(NC(=O)c1ccc(OCC2CC2)cc1)c1ccc(OCC(=O)O)cc1. The second-order valence-electron chi connectivity index (χ2n) is 6.73. The first-order chi connectivity index (χ1) is 13.0. The van der Waals surface area contributed by atoms with Crippen LogP contribution in [0.25, 0.3) is 0 Å². The molecule has 6 heteroatoms. The number of hydrogen-bond donors (Lipinski definition) is 2. The number of carboxylic acid groups (broad SMARTS) is 1. The van der Waals surface area contributed by atoms with Crippen molar-refractivity contribution in [1.29, 1.82) is 0 Å². The summed E-state index contributed by atoms with van der Waals surface area (Å²) >= 11 is 0. The molecule has 3 rings (SSSR count). The molecule has 0 bridgehead atoms. The van der Waals surface area contributed by atoms with Gasteiger partial charge in [-0.3, -0.25) is 4.79 Å². The molecule has 0 heterocycles. The van der Waals surface area contributed by atoms with Crippen molar-refractivity contribution in [2.75, 3.05) is 13.2 Å². The molecule has 0 radical (unpaired) electrons. The van der Waals surface area contributed by atoms with Gasteiger partial charge < -0.3 is 19.9 Å². The third-order valence-electron chi connectivity index (χ3n) is 4.39. The molecular formula is C21H23NO5. The molecule has 1 saturated carbocycles. The Bertz CT molecular complexity index is 781. The molecule has 2 aromatic rings. The van der Waals surface area contributed by atoms with Crippen LogP contribution in [0.2, 0.25) is 0 Å². The van der Waals surface area contributed by atoms with Gasteiger partial charge in [-0.05, 0) is 67.6 Å². The summed E-state index contributed by atoms with van der Waals surface area (Å²) in [6.07, 6.45) is 2.48. The van der Waals surface area contributed by atoms with Crippen molar-refractivity contribution in [2.45, 2.75) is 25.8 Å². The summed E-state index contributed by atoms with van der Waals surface area (Å²) < 4.78 is 10.8. The zero-order valence-corrected chi connectivity index (χ0v) is 15.2. The Hall–Kier alpha value is -3.02. The van der Waals surface area contributed by atoms with Crippen molar-refractivity contribution in [1.82, 2.24) is 5.32 Å². The van der Waals surface area contributed by atoms with Gasteiger partial charge in [-0.2, -0.15) is 0 Å². The molecule has 0 spiro atoms. The summed E-state index contributed by atoms with van der Waals surface area (Å²) in [6, 6.07) is 13.9. The largest absolute Gasteiger partial charge is 0.493 e. The average Bonchev–Trinajstić information content (AvgIpc) is 3.50. The van der Waals surface area contributed by atoms with E-state index in [1.807, 2.05) is 19.1 Å². The summed E-state index contributed by atoms with van der Waals surface area (Å²) in [5.74, 6) is 0.755. The Morgan fingerprint density at radius 1 is 1.04 bits per heavy atom. The highest BCUT2D eigenvalue weighted by molar-refractivity contribution is 5.94. The minimum absolute atomic E-state index is 0.164. The molecular weight excluding hydrogens is 346 g/mol. The zero-order valence-electron chi connectivity index (χ0n) is 15.2.